The van der Waals surface area contributed by atoms with Crippen molar-refractivity contribution in [3.05, 3.63) is 59.4 Å². The van der Waals surface area contributed by atoms with Crippen molar-refractivity contribution in [2.75, 3.05) is 11.9 Å². The van der Waals surface area contributed by atoms with Crippen LogP contribution in [0.5, 0.6) is 5.75 Å². The summed E-state index contributed by atoms with van der Waals surface area (Å²) in [6.45, 7) is 0.345. The van der Waals surface area contributed by atoms with Crippen LogP contribution in [0.3, 0.4) is 0 Å². The van der Waals surface area contributed by atoms with Gasteiger partial charge in [0.25, 0.3) is 0 Å². The molecule has 0 aliphatic rings. The van der Waals surface area contributed by atoms with Gasteiger partial charge in [-0.1, -0.05) is 23.7 Å². The van der Waals surface area contributed by atoms with Crippen molar-refractivity contribution in [2.24, 2.45) is 0 Å². The highest BCUT2D eigenvalue weighted by Gasteiger charge is 2.11. The van der Waals surface area contributed by atoms with E-state index in [1.54, 1.807) is 24.3 Å². The molecule has 1 heterocycles. The zero-order chi connectivity index (χ0) is 18.4. The smallest absolute Gasteiger partial charge is 0.249 e. The minimum atomic E-state index is -0.320. The van der Waals surface area contributed by atoms with E-state index in [0.29, 0.717) is 35.2 Å². The van der Waals surface area contributed by atoms with Gasteiger partial charge in [0, 0.05) is 12.0 Å². The molecule has 0 aliphatic heterocycles. The van der Waals surface area contributed by atoms with Crippen LogP contribution in [-0.4, -0.2) is 27.7 Å². The molecule has 0 aliphatic carbocycles. The Balaban J connectivity index is 1.45. The van der Waals surface area contributed by atoms with Crippen LogP contribution in [-0.2, 0) is 4.79 Å². The summed E-state index contributed by atoms with van der Waals surface area (Å²) in [5.41, 5.74) is 0.704. The third-order valence-corrected chi connectivity index (χ3v) is 3.83. The number of aromatic amines is 1. The van der Waals surface area contributed by atoms with E-state index in [0.717, 1.165) is 0 Å². The number of nitrogens with zero attached hydrogens (tertiary/aromatic N) is 2. The predicted molar refractivity (Wildman–Crippen MR) is 96.6 cm³/mol. The van der Waals surface area contributed by atoms with Gasteiger partial charge in [0.2, 0.25) is 11.9 Å². The number of carbonyl (C=O) groups is 1. The number of benzene rings is 2. The maximum atomic E-state index is 12.8. The molecule has 26 heavy (non-hydrogen) atoms. The van der Waals surface area contributed by atoms with Gasteiger partial charge >= 0.3 is 0 Å². The summed E-state index contributed by atoms with van der Waals surface area (Å²) < 4.78 is 18.2. The summed E-state index contributed by atoms with van der Waals surface area (Å²) >= 11 is 6.11. The van der Waals surface area contributed by atoms with Crippen LogP contribution < -0.4 is 10.1 Å². The Bertz CT molecular complexity index is 883. The molecule has 2 aromatic carbocycles. The van der Waals surface area contributed by atoms with Gasteiger partial charge in [0.15, 0.2) is 5.82 Å². The summed E-state index contributed by atoms with van der Waals surface area (Å²) in [5, 5.41) is 9.87. The molecule has 1 amide bonds. The van der Waals surface area contributed by atoms with E-state index in [4.69, 9.17) is 16.3 Å². The molecule has 3 rings (SSSR count). The van der Waals surface area contributed by atoms with Gasteiger partial charge in [0.05, 0.1) is 11.6 Å². The Morgan fingerprint density at radius 2 is 1.96 bits per heavy atom. The molecule has 0 radical (unpaired) electrons. The first-order valence-electron chi connectivity index (χ1n) is 7.97. The molecule has 0 bridgehead atoms. The molecule has 3 aromatic rings. The topological polar surface area (TPSA) is 79.9 Å². The first-order valence-corrected chi connectivity index (χ1v) is 8.35. The number of aromatic nitrogens is 3. The van der Waals surface area contributed by atoms with Gasteiger partial charge in [-0.25, -0.2) is 4.39 Å². The van der Waals surface area contributed by atoms with Crippen molar-refractivity contribution in [3.8, 4) is 17.1 Å². The van der Waals surface area contributed by atoms with Gasteiger partial charge in [-0.3, -0.25) is 15.2 Å². The van der Waals surface area contributed by atoms with Crippen molar-refractivity contribution < 1.29 is 13.9 Å². The molecular weight excluding hydrogens is 359 g/mol. The Kier molecular flexibility index (Phi) is 5.80. The average molecular weight is 375 g/mol. The number of hydrogen-bond acceptors (Lipinski definition) is 4. The van der Waals surface area contributed by atoms with Gasteiger partial charge in [-0.05, 0) is 42.8 Å². The monoisotopic (exact) mass is 374 g/mol. The highest BCUT2D eigenvalue weighted by atomic mass is 35.5. The van der Waals surface area contributed by atoms with E-state index in [1.807, 2.05) is 12.1 Å². The molecule has 0 spiro atoms. The molecule has 1 aromatic heterocycles. The van der Waals surface area contributed by atoms with Gasteiger partial charge in [0.1, 0.15) is 11.6 Å². The van der Waals surface area contributed by atoms with Crippen molar-refractivity contribution in [2.45, 2.75) is 12.8 Å². The molecule has 0 saturated heterocycles. The number of amides is 1. The fraction of sp³-hybridized carbons (Fsp3) is 0.167. The fourth-order valence-corrected chi connectivity index (χ4v) is 2.46. The van der Waals surface area contributed by atoms with Gasteiger partial charge in [-0.15, -0.1) is 5.10 Å². The second-order valence-electron chi connectivity index (χ2n) is 5.44. The molecule has 2 N–H and O–H groups in total. The quantitative estimate of drug-likeness (QED) is 0.611. The van der Waals surface area contributed by atoms with Gasteiger partial charge in [-0.2, -0.15) is 4.98 Å². The number of hydrogen-bond donors (Lipinski definition) is 2. The van der Waals surface area contributed by atoms with Crippen LogP contribution >= 0.6 is 11.6 Å². The van der Waals surface area contributed by atoms with E-state index in [1.165, 1.54) is 12.1 Å². The molecule has 0 fully saturated rings. The van der Waals surface area contributed by atoms with Crippen molar-refractivity contribution >= 4 is 23.5 Å². The standard InChI is InChI=1S/C18H16ClFN4O2/c19-15-5-2-1-4-14(15)17-22-18(24-23-17)21-16(25)6-3-11-26-13-9-7-12(20)8-10-13/h1-2,4-5,7-10H,3,6,11H2,(H2,21,22,23,24,25). The van der Waals surface area contributed by atoms with Crippen LogP contribution in [0.1, 0.15) is 12.8 Å². The van der Waals surface area contributed by atoms with Crippen LogP contribution in [0.25, 0.3) is 11.4 Å². The maximum Gasteiger partial charge on any atom is 0.249 e. The van der Waals surface area contributed by atoms with Crippen LogP contribution in [0, 0.1) is 5.82 Å². The zero-order valence-electron chi connectivity index (χ0n) is 13.7. The number of ether oxygens (including phenoxy) is 1. The minimum absolute atomic E-state index is 0.185. The first kappa shape index (κ1) is 17.9. The number of halogens is 2. The summed E-state index contributed by atoms with van der Waals surface area (Å²) in [6.07, 6.45) is 0.752. The van der Waals surface area contributed by atoms with E-state index in [-0.39, 0.29) is 24.1 Å². The summed E-state index contributed by atoms with van der Waals surface area (Å²) in [7, 11) is 0. The van der Waals surface area contributed by atoms with E-state index in [2.05, 4.69) is 20.5 Å². The lowest BCUT2D eigenvalue weighted by molar-refractivity contribution is -0.116. The number of H-pyrrole nitrogens is 1. The highest BCUT2D eigenvalue weighted by Crippen LogP contribution is 2.24. The van der Waals surface area contributed by atoms with Crippen molar-refractivity contribution in [1.82, 2.24) is 15.2 Å². The average Bonchev–Trinajstić information content (AvgIpc) is 3.09. The van der Waals surface area contributed by atoms with Crippen molar-refractivity contribution in [1.29, 1.82) is 0 Å². The summed E-state index contributed by atoms with van der Waals surface area (Å²) in [6, 6.07) is 12.9. The third kappa shape index (κ3) is 4.80. The highest BCUT2D eigenvalue weighted by molar-refractivity contribution is 6.33. The molecule has 134 valence electrons. The van der Waals surface area contributed by atoms with Crippen LogP contribution in [0.4, 0.5) is 10.3 Å². The predicted octanol–water partition coefficient (Wildman–Crippen LogP) is 4.06. The normalized spacial score (nSPS) is 10.5. The lowest BCUT2D eigenvalue weighted by atomic mass is 10.2. The number of rotatable bonds is 7. The fourth-order valence-electron chi connectivity index (χ4n) is 2.23. The van der Waals surface area contributed by atoms with E-state index in [9.17, 15) is 9.18 Å². The van der Waals surface area contributed by atoms with Crippen LogP contribution in [0.15, 0.2) is 48.5 Å². The molecule has 6 nitrogen and oxygen atoms in total. The molecule has 0 saturated carbocycles. The van der Waals surface area contributed by atoms with Gasteiger partial charge < -0.3 is 4.74 Å². The molecule has 0 atom stereocenters. The van der Waals surface area contributed by atoms with Crippen LogP contribution in [0.2, 0.25) is 5.02 Å². The summed E-state index contributed by atoms with van der Waals surface area (Å²) in [5.74, 6) is 0.678. The Morgan fingerprint density at radius 3 is 2.73 bits per heavy atom. The second kappa shape index (κ2) is 8.44. The third-order valence-electron chi connectivity index (χ3n) is 3.50. The SMILES string of the molecule is O=C(CCCOc1ccc(F)cc1)Nc1n[nH]c(-c2ccccc2Cl)n1. The molecule has 0 unspecified atom stereocenters. The Labute approximate surface area is 154 Å². The summed E-state index contributed by atoms with van der Waals surface area (Å²) in [4.78, 5) is 16.2. The second-order valence-corrected chi connectivity index (χ2v) is 5.85. The molecule has 8 heteroatoms. The Morgan fingerprint density at radius 1 is 1.19 bits per heavy atom. The number of carbonyl (C=O) groups excluding carboxylic acids is 1. The van der Waals surface area contributed by atoms with E-state index < -0.39 is 0 Å². The largest absolute Gasteiger partial charge is 0.494 e. The molecular formula is C18H16ClFN4O2. The lowest BCUT2D eigenvalue weighted by Gasteiger charge is -2.05. The lowest BCUT2D eigenvalue weighted by Crippen LogP contribution is -2.13. The number of anilines is 1. The maximum absolute atomic E-state index is 12.8. The zero-order valence-corrected chi connectivity index (χ0v) is 14.5. The Hall–Kier alpha value is -2.93. The first-order chi connectivity index (χ1) is 12.6. The number of nitrogens with one attached hydrogen (secondary N) is 2. The minimum Gasteiger partial charge on any atom is -0.494 e. The van der Waals surface area contributed by atoms with Crippen molar-refractivity contribution in [3.63, 3.8) is 0 Å². The van der Waals surface area contributed by atoms with E-state index >= 15 is 0 Å².